The van der Waals surface area contributed by atoms with Crippen molar-refractivity contribution in [3.63, 3.8) is 0 Å². The van der Waals surface area contributed by atoms with E-state index in [0.29, 0.717) is 23.5 Å². The average Bonchev–Trinajstić information content (AvgIpc) is 2.57. The number of nitrogens with zero attached hydrogens (tertiary/aromatic N) is 2. The minimum absolute atomic E-state index is 0.0184. The van der Waals surface area contributed by atoms with Crippen molar-refractivity contribution in [1.82, 2.24) is 15.3 Å². The van der Waals surface area contributed by atoms with Gasteiger partial charge in [0.15, 0.2) is 9.84 Å². The van der Waals surface area contributed by atoms with Crippen molar-refractivity contribution in [3.8, 4) is 0 Å². The summed E-state index contributed by atoms with van der Waals surface area (Å²) in [4.78, 5) is 20.0. The Morgan fingerprint density at radius 1 is 1.44 bits per heavy atom. The molecule has 1 unspecified atom stereocenters. The van der Waals surface area contributed by atoms with Gasteiger partial charge >= 0.3 is 0 Å². The summed E-state index contributed by atoms with van der Waals surface area (Å²) in [7, 11) is -2.99. The standard InChI is InChI=1S/C11H15N3O3S/c1-7-10(5-12-8(2)13-7)11(15)14-9-3-4-18(16,17)6-9/h5,9H,3-4,6H2,1-2H3,(H,14,15). The number of aryl methyl sites for hydroxylation is 2. The van der Waals surface area contributed by atoms with Crippen LogP contribution in [-0.4, -0.2) is 41.8 Å². The van der Waals surface area contributed by atoms with E-state index in [1.54, 1.807) is 13.8 Å². The van der Waals surface area contributed by atoms with Crippen LogP contribution in [0.5, 0.6) is 0 Å². The number of hydrogen-bond donors (Lipinski definition) is 1. The molecular weight excluding hydrogens is 254 g/mol. The second-order valence-electron chi connectivity index (χ2n) is 4.49. The number of sulfone groups is 1. The largest absolute Gasteiger partial charge is 0.348 e. The summed E-state index contributed by atoms with van der Waals surface area (Å²) in [5.41, 5.74) is 0.991. The van der Waals surface area contributed by atoms with E-state index >= 15 is 0 Å². The van der Waals surface area contributed by atoms with E-state index in [1.165, 1.54) is 6.20 Å². The molecule has 0 aromatic carbocycles. The molecular formula is C11H15N3O3S. The Bertz CT molecular complexity index is 583. The molecule has 1 atom stereocenters. The Hall–Kier alpha value is -1.50. The predicted molar refractivity (Wildman–Crippen MR) is 66.0 cm³/mol. The molecule has 98 valence electrons. The maximum absolute atomic E-state index is 12.0. The molecule has 0 bridgehead atoms. The summed E-state index contributed by atoms with van der Waals surface area (Å²) in [5.74, 6) is 0.452. The minimum Gasteiger partial charge on any atom is -0.348 e. The Morgan fingerprint density at radius 2 is 2.17 bits per heavy atom. The molecule has 6 nitrogen and oxygen atoms in total. The second kappa shape index (κ2) is 4.64. The van der Waals surface area contributed by atoms with Gasteiger partial charge in [0.2, 0.25) is 0 Å². The van der Waals surface area contributed by atoms with Crippen molar-refractivity contribution in [1.29, 1.82) is 0 Å². The molecule has 2 heterocycles. The summed E-state index contributed by atoms with van der Waals surface area (Å²) in [5, 5.41) is 2.71. The summed E-state index contributed by atoms with van der Waals surface area (Å²) in [6.45, 7) is 3.48. The number of aromatic nitrogens is 2. The van der Waals surface area contributed by atoms with Gasteiger partial charge in [0.05, 0.1) is 22.8 Å². The third-order valence-corrected chi connectivity index (χ3v) is 4.68. The molecule has 2 rings (SSSR count). The zero-order valence-electron chi connectivity index (χ0n) is 10.3. The van der Waals surface area contributed by atoms with Crippen molar-refractivity contribution in [2.75, 3.05) is 11.5 Å². The van der Waals surface area contributed by atoms with Crippen molar-refractivity contribution in [3.05, 3.63) is 23.3 Å². The van der Waals surface area contributed by atoms with Crippen LogP contribution < -0.4 is 5.32 Å². The van der Waals surface area contributed by atoms with Gasteiger partial charge in [0.1, 0.15) is 5.82 Å². The summed E-state index contributed by atoms with van der Waals surface area (Å²) in [6.07, 6.45) is 1.94. The molecule has 1 aliphatic rings. The highest BCUT2D eigenvalue weighted by atomic mass is 32.2. The Kier molecular flexibility index (Phi) is 3.34. The lowest BCUT2D eigenvalue weighted by molar-refractivity contribution is 0.0939. The molecule has 1 aromatic rings. The van der Waals surface area contributed by atoms with Crippen LogP contribution in [0, 0.1) is 13.8 Å². The zero-order chi connectivity index (χ0) is 13.3. The van der Waals surface area contributed by atoms with Crippen LogP contribution in [0.25, 0.3) is 0 Å². The highest BCUT2D eigenvalue weighted by molar-refractivity contribution is 7.91. The lowest BCUT2D eigenvalue weighted by atomic mass is 10.2. The monoisotopic (exact) mass is 269 g/mol. The molecule has 1 N–H and O–H groups in total. The summed E-state index contributed by atoms with van der Waals surface area (Å²) >= 11 is 0. The number of nitrogens with one attached hydrogen (secondary N) is 1. The predicted octanol–water partition coefficient (Wildman–Crippen LogP) is 0.0103. The third-order valence-electron chi connectivity index (χ3n) is 2.91. The van der Waals surface area contributed by atoms with E-state index in [4.69, 9.17) is 0 Å². The Balaban J connectivity index is 2.09. The van der Waals surface area contributed by atoms with Crippen LogP contribution in [-0.2, 0) is 9.84 Å². The van der Waals surface area contributed by atoms with E-state index in [2.05, 4.69) is 15.3 Å². The molecule has 7 heteroatoms. The van der Waals surface area contributed by atoms with Gasteiger partial charge in [-0.05, 0) is 20.3 Å². The molecule has 1 aliphatic heterocycles. The molecule has 18 heavy (non-hydrogen) atoms. The van der Waals surface area contributed by atoms with Crippen molar-refractivity contribution in [2.24, 2.45) is 0 Å². The summed E-state index contributed by atoms with van der Waals surface area (Å²) < 4.78 is 22.6. The first-order valence-electron chi connectivity index (χ1n) is 5.69. The number of carbonyl (C=O) groups excluding carboxylic acids is 1. The van der Waals surface area contributed by atoms with Crippen LogP contribution in [0.2, 0.25) is 0 Å². The third kappa shape index (κ3) is 2.84. The molecule has 0 saturated carbocycles. The summed E-state index contributed by atoms with van der Waals surface area (Å²) in [6, 6.07) is -0.303. The van der Waals surface area contributed by atoms with Crippen molar-refractivity contribution >= 4 is 15.7 Å². The normalized spacial score (nSPS) is 21.8. The molecule has 1 aromatic heterocycles. The fourth-order valence-electron chi connectivity index (χ4n) is 1.98. The van der Waals surface area contributed by atoms with E-state index in [9.17, 15) is 13.2 Å². The molecule has 0 radical (unpaired) electrons. The van der Waals surface area contributed by atoms with Gasteiger partial charge in [-0.15, -0.1) is 0 Å². The fraction of sp³-hybridized carbons (Fsp3) is 0.545. The zero-order valence-corrected chi connectivity index (χ0v) is 11.1. The quantitative estimate of drug-likeness (QED) is 0.817. The fourth-order valence-corrected chi connectivity index (χ4v) is 3.65. The second-order valence-corrected chi connectivity index (χ2v) is 6.72. The lowest BCUT2D eigenvalue weighted by Gasteiger charge is -2.11. The highest BCUT2D eigenvalue weighted by Crippen LogP contribution is 2.12. The van der Waals surface area contributed by atoms with Gasteiger partial charge in [-0.1, -0.05) is 0 Å². The number of hydrogen-bond acceptors (Lipinski definition) is 5. The first-order chi connectivity index (χ1) is 8.37. The Labute approximate surface area is 106 Å². The maximum atomic E-state index is 12.0. The van der Waals surface area contributed by atoms with E-state index in [1.807, 2.05) is 0 Å². The molecule has 1 fully saturated rings. The van der Waals surface area contributed by atoms with Crippen molar-refractivity contribution in [2.45, 2.75) is 26.3 Å². The van der Waals surface area contributed by atoms with E-state index in [0.717, 1.165) is 0 Å². The molecule has 0 aliphatic carbocycles. The highest BCUT2D eigenvalue weighted by Gasteiger charge is 2.29. The van der Waals surface area contributed by atoms with Crippen LogP contribution in [0.3, 0.4) is 0 Å². The van der Waals surface area contributed by atoms with Crippen molar-refractivity contribution < 1.29 is 13.2 Å². The number of rotatable bonds is 2. The average molecular weight is 269 g/mol. The lowest BCUT2D eigenvalue weighted by Crippen LogP contribution is -2.36. The van der Waals surface area contributed by atoms with Crippen LogP contribution in [0.15, 0.2) is 6.20 Å². The molecule has 1 saturated heterocycles. The van der Waals surface area contributed by atoms with Crippen LogP contribution in [0.1, 0.15) is 28.3 Å². The SMILES string of the molecule is Cc1ncc(C(=O)NC2CCS(=O)(=O)C2)c(C)n1. The maximum Gasteiger partial charge on any atom is 0.254 e. The Morgan fingerprint density at radius 3 is 2.72 bits per heavy atom. The van der Waals surface area contributed by atoms with Gasteiger partial charge in [-0.2, -0.15) is 0 Å². The van der Waals surface area contributed by atoms with Gasteiger partial charge in [-0.3, -0.25) is 4.79 Å². The first-order valence-corrected chi connectivity index (χ1v) is 7.51. The smallest absolute Gasteiger partial charge is 0.254 e. The van der Waals surface area contributed by atoms with Gasteiger partial charge in [0, 0.05) is 12.2 Å². The van der Waals surface area contributed by atoms with Gasteiger partial charge in [0.25, 0.3) is 5.91 Å². The van der Waals surface area contributed by atoms with Gasteiger partial charge in [-0.25, -0.2) is 18.4 Å². The van der Waals surface area contributed by atoms with Crippen LogP contribution in [0.4, 0.5) is 0 Å². The topological polar surface area (TPSA) is 89.0 Å². The van der Waals surface area contributed by atoms with Crippen LogP contribution >= 0.6 is 0 Å². The molecule has 0 spiro atoms. The first kappa shape index (κ1) is 12.9. The molecule has 1 amide bonds. The minimum atomic E-state index is -2.99. The van der Waals surface area contributed by atoms with Gasteiger partial charge < -0.3 is 5.32 Å². The number of carbonyl (C=O) groups is 1. The number of amides is 1. The van der Waals surface area contributed by atoms with E-state index < -0.39 is 9.84 Å². The van der Waals surface area contributed by atoms with E-state index in [-0.39, 0.29) is 23.5 Å².